The second-order valence-electron chi connectivity index (χ2n) is 4.95. The maximum Gasteiger partial charge on any atom is 0.337 e. The average Bonchev–Trinajstić information content (AvgIpc) is 2.46. The highest BCUT2D eigenvalue weighted by Crippen LogP contribution is 2.30. The van der Waals surface area contributed by atoms with Gasteiger partial charge in [-0.3, -0.25) is 5.14 Å². The van der Waals surface area contributed by atoms with Crippen LogP contribution >= 0.6 is 23.5 Å². The molecule has 0 spiro atoms. The molecule has 1 aromatic carbocycles. The van der Waals surface area contributed by atoms with Crippen molar-refractivity contribution in [3.8, 4) is 0 Å². The quantitative estimate of drug-likeness (QED) is 0.425. The van der Waals surface area contributed by atoms with Gasteiger partial charge in [0.15, 0.2) is 0 Å². The summed E-state index contributed by atoms with van der Waals surface area (Å²) in [6.07, 6.45) is 7.37. The third kappa shape index (κ3) is 6.16. The van der Waals surface area contributed by atoms with Crippen molar-refractivity contribution >= 4 is 35.2 Å². The van der Waals surface area contributed by atoms with Crippen LogP contribution in [0.4, 0.5) is 5.69 Å². The monoisotopic (exact) mass is 330 g/mol. The van der Waals surface area contributed by atoms with Crippen LogP contribution in [0.5, 0.6) is 0 Å². The van der Waals surface area contributed by atoms with Crippen LogP contribution in [0.1, 0.15) is 55.8 Å². The molecule has 0 aliphatic carbocycles. The van der Waals surface area contributed by atoms with E-state index in [-0.39, 0.29) is 10.6 Å². The number of anilines is 1. The molecule has 21 heavy (non-hydrogen) atoms. The number of carbonyl (C=O) groups is 1. The van der Waals surface area contributed by atoms with Gasteiger partial charge in [0.05, 0.1) is 16.3 Å². The van der Waals surface area contributed by atoms with E-state index in [0.717, 1.165) is 30.6 Å². The van der Waals surface area contributed by atoms with E-state index in [1.165, 1.54) is 38.2 Å². The summed E-state index contributed by atoms with van der Waals surface area (Å²) in [7, 11) is 0. The zero-order valence-electron chi connectivity index (χ0n) is 12.3. The van der Waals surface area contributed by atoms with Crippen molar-refractivity contribution in [1.82, 2.24) is 0 Å². The summed E-state index contributed by atoms with van der Waals surface area (Å²) < 4.78 is 0. The fraction of sp³-hybridized carbons (Fsp3) is 0.533. The number of rotatable bonds is 10. The predicted molar refractivity (Wildman–Crippen MR) is 90.3 cm³/mol. The van der Waals surface area contributed by atoms with Gasteiger partial charge in [0.2, 0.25) is 0 Å². The molecule has 0 aliphatic heterocycles. The number of carboxylic acid groups (broad SMARTS) is 1. The molecule has 1 aromatic rings. The second kappa shape index (κ2) is 9.92. The third-order valence-electron chi connectivity index (χ3n) is 3.27. The Labute approximate surface area is 135 Å². The first-order valence-electron chi connectivity index (χ1n) is 7.27. The summed E-state index contributed by atoms with van der Waals surface area (Å²) in [6.45, 7) is 3.04. The first-order chi connectivity index (χ1) is 10.1. The van der Waals surface area contributed by atoms with Crippen molar-refractivity contribution in [3.63, 3.8) is 0 Å². The third-order valence-corrected chi connectivity index (χ3v) is 4.18. The minimum absolute atomic E-state index is 0.0785. The minimum Gasteiger partial charge on any atom is -0.478 e. The van der Waals surface area contributed by atoms with E-state index in [0.29, 0.717) is 4.90 Å². The van der Waals surface area contributed by atoms with Crippen LogP contribution in [0.2, 0.25) is 5.02 Å². The molecule has 1 rings (SSSR count). The molecule has 118 valence electrons. The van der Waals surface area contributed by atoms with Gasteiger partial charge in [0.1, 0.15) is 0 Å². The normalized spacial score (nSPS) is 10.6. The second-order valence-corrected chi connectivity index (χ2v) is 6.03. The summed E-state index contributed by atoms with van der Waals surface area (Å²) in [6, 6.07) is 3.15. The topological polar surface area (TPSA) is 75.3 Å². The van der Waals surface area contributed by atoms with Gasteiger partial charge in [-0.25, -0.2) is 4.79 Å². The molecule has 0 aromatic heterocycles. The van der Waals surface area contributed by atoms with Crippen molar-refractivity contribution in [3.05, 3.63) is 22.7 Å². The fourth-order valence-electron chi connectivity index (χ4n) is 2.08. The van der Waals surface area contributed by atoms with E-state index in [9.17, 15) is 4.79 Å². The summed E-state index contributed by atoms with van der Waals surface area (Å²) in [4.78, 5) is 11.7. The van der Waals surface area contributed by atoms with Crippen molar-refractivity contribution in [2.45, 2.75) is 50.3 Å². The number of nitrogens with two attached hydrogens (primary N) is 1. The zero-order chi connectivity index (χ0) is 15.7. The van der Waals surface area contributed by atoms with Crippen LogP contribution in [-0.4, -0.2) is 17.6 Å². The molecule has 4 nitrogen and oxygen atoms in total. The van der Waals surface area contributed by atoms with Gasteiger partial charge in [-0.05, 0) is 30.5 Å². The van der Waals surface area contributed by atoms with Gasteiger partial charge in [0.25, 0.3) is 0 Å². The molecule has 0 fully saturated rings. The van der Waals surface area contributed by atoms with Crippen molar-refractivity contribution in [2.24, 2.45) is 5.14 Å². The largest absolute Gasteiger partial charge is 0.478 e. The first-order valence-corrected chi connectivity index (χ1v) is 8.53. The highest BCUT2D eigenvalue weighted by Gasteiger charge is 2.13. The van der Waals surface area contributed by atoms with Gasteiger partial charge in [-0.1, -0.05) is 50.6 Å². The Balaban J connectivity index is 2.51. The molecular weight excluding hydrogens is 308 g/mol. The van der Waals surface area contributed by atoms with Crippen LogP contribution in [0.3, 0.4) is 0 Å². The van der Waals surface area contributed by atoms with Crippen LogP contribution in [0.15, 0.2) is 17.0 Å². The molecular formula is C15H23ClN2O2S. The molecule has 6 heteroatoms. The molecule has 0 atom stereocenters. The Morgan fingerprint density at radius 2 is 1.95 bits per heavy atom. The summed E-state index contributed by atoms with van der Waals surface area (Å²) in [5.41, 5.74) is 0.876. The maximum atomic E-state index is 11.0. The van der Waals surface area contributed by atoms with Gasteiger partial charge in [-0.2, -0.15) is 0 Å². The smallest absolute Gasteiger partial charge is 0.337 e. The van der Waals surface area contributed by atoms with E-state index in [1.54, 1.807) is 6.07 Å². The summed E-state index contributed by atoms with van der Waals surface area (Å²) in [5, 5.41) is 18.1. The number of benzene rings is 1. The van der Waals surface area contributed by atoms with Gasteiger partial charge in [-0.15, -0.1) is 0 Å². The summed E-state index contributed by atoms with van der Waals surface area (Å²) >= 11 is 7.01. The standard InChI is InChI=1S/C15H23ClN2O2S/c1-2-3-4-5-6-7-8-18-13-10-12(16)11(15(19)20)9-14(13)21-17/h9-10,18H,2-8,17H2,1H3,(H,19,20). The average molecular weight is 331 g/mol. The maximum absolute atomic E-state index is 11.0. The number of halogens is 1. The fourth-order valence-corrected chi connectivity index (χ4v) is 2.77. The Morgan fingerprint density at radius 1 is 1.29 bits per heavy atom. The predicted octanol–water partition coefficient (Wildman–Crippen LogP) is 4.78. The molecule has 0 radical (unpaired) electrons. The van der Waals surface area contributed by atoms with Crippen LogP contribution < -0.4 is 10.5 Å². The molecule has 0 bridgehead atoms. The molecule has 0 saturated heterocycles. The molecule has 0 amide bonds. The lowest BCUT2D eigenvalue weighted by Crippen LogP contribution is -2.06. The van der Waals surface area contributed by atoms with E-state index in [4.69, 9.17) is 21.8 Å². The highest BCUT2D eigenvalue weighted by atomic mass is 35.5. The Kier molecular flexibility index (Phi) is 8.57. The van der Waals surface area contributed by atoms with E-state index in [1.807, 2.05) is 0 Å². The van der Waals surface area contributed by atoms with Crippen LogP contribution in [0, 0.1) is 0 Å². The number of unbranched alkanes of at least 4 members (excludes halogenated alkanes) is 5. The van der Waals surface area contributed by atoms with Gasteiger partial charge in [0, 0.05) is 11.4 Å². The lowest BCUT2D eigenvalue weighted by Gasteiger charge is -2.12. The number of carboxylic acids is 1. The van der Waals surface area contributed by atoms with Crippen LogP contribution in [0.25, 0.3) is 0 Å². The number of hydrogen-bond acceptors (Lipinski definition) is 4. The minimum atomic E-state index is -1.04. The molecule has 0 saturated carbocycles. The van der Waals surface area contributed by atoms with Gasteiger partial charge >= 0.3 is 5.97 Å². The number of aromatic carboxylic acids is 1. The van der Waals surface area contributed by atoms with E-state index < -0.39 is 5.97 Å². The molecule has 0 heterocycles. The van der Waals surface area contributed by atoms with Crippen molar-refractivity contribution < 1.29 is 9.90 Å². The molecule has 0 unspecified atom stereocenters. The zero-order valence-corrected chi connectivity index (χ0v) is 13.9. The lowest BCUT2D eigenvalue weighted by molar-refractivity contribution is 0.0697. The Hall–Kier alpha value is -0.910. The van der Waals surface area contributed by atoms with Crippen molar-refractivity contribution in [2.75, 3.05) is 11.9 Å². The number of hydrogen-bond donors (Lipinski definition) is 3. The van der Waals surface area contributed by atoms with Gasteiger partial charge < -0.3 is 10.4 Å². The highest BCUT2D eigenvalue weighted by molar-refractivity contribution is 7.97. The Bertz CT molecular complexity index is 469. The van der Waals surface area contributed by atoms with E-state index in [2.05, 4.69) is 12.2 Å². The first kappa shape index (κ1) is 18.1. The SMILES string of the molecule is CCCCCCCCNc1cc(Cl)c(C(=O)O)cc1SN. The Morgan fingerprint density at radius 3 is 2.57 bits per heavy atom. The lowest BCUT2D eigenvalue weighted by atomic mass is 10.1. The molecule has 0 aliphatic rings. The molecule has 4 N–H and O–H groups in total. The van der Waals surface area contributed by atoms with E-state index >= 15 is 0 Å². The summed E-state index contributed by atoms with van der Waals surface area (Å²) in [5.74, 6) is -1.04. The van der Waals surface area contributed by atoms with Crippen LogP contribution in [-0.2, 0) is 0 Å². The van der Waals surface area contributed by atoms with Crippen molar-refractivity contribution in [1.29, 1.82) is 0 Å². The number of nitrogens with one attached hydrogen (secondary N) is 1.